The van der Waals surface area contributed by atoms with Gasteiger partial charge in [-0.3, -0.25) is 14.9 Å². The molecule has 2 amide bonds. The van der Waals surface area contributed by atoms with Gasteiger partial charge in [0.25, 0.3) is 5.91 Å². The Morgan fingerprint density at radius 2 is 1.85 bits per heavy atom. The molecule has 5 nitrogen and oxygen atoms in total. The highest BCUT2D eigenvalue weighted by Gasteiger charge is 2.26. The van der Waals surface area contributed by atoms with Gasteiger partial charge in [0.05, 0.1) is 12.1 Å². The zero-order valence-corrected chi connectivity index (χ0v) is 17.1. The maximum absolute atomic E-state index is 12.5. The second-order valence-electron chi connectivity index (χ2n) is 7.31. The molecule has 2 aromatic rings. The van der Waals surface area contributed by atoms with E-state index in [0.29, 0.717) is 15.6 Å². The molecule has 27 heavy (non-hydrogen) atoms. The Hall–Kier alpha value is -1.89. The molecule has 0 saturated heterocycles. The number of nitrogens with two attached hydrogens (primary N) is 1. The van der Waals surface area contributed by atoms with Crippen molar-refractivity contribution >= 4 is 39.8 Å². The van der Waals surface area contributed by atoms with E-state index in [4.69, 9.17) is 17.3 Å². The lowest BCUT2D eigenvalue weighted by Gasteiger charge is -2.26. The minimum atomic E-state index is -0.473. The van der Waals surface area contributed by atoms with Gasteiger partial charge >= 0.3 is 0 Å². The third-order valence-electron chi connectivity index (χ3n) is 4.93. The summed E-state index contributed by atoms with van der Waals surface area (Å²) in [5, 5.41) is 7.38. The quantitative estimate of drug-likeness (QED) is 0.682. The summed E-state index contributed by atoms with van der Waals surface area (Å²) in [5.41, 5.74) is 7.72. The Kier molecular flexibility index (Phi) is 5.89. The topological polar surface area (TPSA) is 84.2 Å². The van der Waals surface area contributed by atoms with Crippen molar-refractivity contribution < 1.29 is 9.59 Å². The van der Waals surface area contributed by atoms with E-state index in [2.05, 4.69) is 10.6 Å². The second kappa shape index (κ2) is 8.00. The first-order valence-electron chi connectivity index (χ1n) is 9.03. The normalized spacial score (nSPS) is 13.9. The van der Waals surface area contributed by atoms with Crippen LogP contribution in [0.3, 0.4) is 0 Å². The van der Waals surface area contributed by atoms with Crippen LogP contribution >= 0.6 is 22.9 Å². The molecule has 4 N–H and O–H groups in total. The maximum atomic E-state index is 12.5. The van der Waals surface area contributed by atoms with Gasteiger partial charge < -0.3 is 11.1 Å². The smallest absolute Gasteiger partial charge is 0.251 e. The minimum Gasteiger partial charge on any atom is -0.365 e. The summed E-state index contributed by atoms with van der Waals surface area (Å²) in [5.74, 6) is -0.669. The van der Waals surface area contributed by atoms with Crippen molar-refractivity contribution in [2.45, 2.75) is 45.1 Å². The van der Waals surface area contributed by atoms with Gasteiger partial charge in [0.2, 0.25) is 5.91 Å². The molecule has 1 aliphatic rings. The van der Waals surface area contributed by atoms with Crippen LogP contribution in [0.5, 0.6) is 0 Å². The average molecular weight is 406 g/mol. The number of fused-ring (bicyclic) bond motifs is 1. The Bertz CT molecular complexity index is 859. The number of anilines is 1. The third-order valence-corrected chi connectivity index (χ3v) is 6.39. The first kappa shape index (κ1) is 19.9. The van der Waals surface area contributed by atoms with Crippen molar-refractivity contribution in [3.8, 4) is 0 Å². The van der Waals surface area contributed by atoms with E-state index < -0.39 is 11.4 Å². The number of carbonyl (C=O) groups is 2. The fourth-order valence-electron chi connectivity index (χ4n) is 3.36. The van der Waals surface area contributed by atoms with Gasteiger partial charge in [0.15, 0.2) is 0 Å². The van der Waals surface area contributed by atoms with Crippen molar-refractivity contribution in [1.29, 1.82) is 0 Å². The number of carbonyl (C=O) groups excluding carboxylic acids is 2. The van der Waals surface area contributed by atoms with E-state index in [-0.39, 0.29) is 12.5 Å². The van der Waals surface area contributed by atoms with Crippen molar-refractivity contribution in [2.75, 3.05) is 11.9 Å². The lowest BCUT2D eigenvalue weighted by molar-refractivity contribution is -0.115. The summed E-state index contributed by atoms with van der Waals surface area (Å²) < 4.78 is 0. The fraction of sp³-hybridized carbons (Fsp3) is 0.400. The largest absolute Gasteiger partial charge is 0.365 e. The highest BCUT2D eigenvalue weighted by Crippen LogP contribution is 2.37. The third kappa shape index (κ3) is 4.51. The lowest BCUT2D eigenvalue weighted by atomic mass is 9.94. The number of nitrogens with one attached hydrogen (secondary N) is 2. The SMILES string of the molecule is CC(C)(NCC(=O)Nc1sc2c(c1C(N)=O)CCCC2)c1ccc(Cl)cc1. The summed E-state index contributed by atoms with van der Waals surface area (Å²) in [6, 6.07) is 7.53. The number of benzene rings is 1. The zero-order valence-electron chi connectivity index (χ0n) is 15.5. The Morgan fingerprint density at radius 3 is 2.52 bits per heavy atom. The Labute approximate surface area is 168 Å². The molecule has 0 fully saturated rings. The van der Waals surface area contributed by atoms with Crippen LogP contribution in [0, 0.1) is 0 Å². The number of primary amides is 1. The predicted molar refractivity (Wildman–Crippen MR) is 111 cm³/mol. The second-order valence-corrected chi connectivity index (χ2v) is 8.85. The molecule has 0 unspecified atom stereocenters. The number of halogens is 1. The number of rotatable bonds is 6. The Morgan fingerprint density at radius 1 is 1.19 bits per heavy atom. The summed E-state index contributed by atoms with van der Waals surface area (Å²) in [6.45, 7) is 4.13. The predicted octanol–water partition coefficient (Wildman–Crippen LogP) is 3.84. The first-order chi connectivity index (χ1) is 12.8. The number of hydrogen-bond donors (Lipinski definition) is 3. The van der Waals surface area contributed by atoms with Gasteiger partial charge in [0.1, 0.15) is 5.00 Å². The summed E-state index contributed by atoms with van der Waals surface area (Å²) in [4.78, 5) is 25.6. The maximum Gasteiger partial charge on any atom is 0.251 e. The molecule has 0 spiro atoms. The summed E-state index contributed by atoms with van der Waals surface area (Å²) in [6.07, 6.45) is 3.95. The summed E-state index contributed by atoms with van der Waals surface area (Å²) >= 11 is 7.42. The van der Waals surface area contributed by atoms with E-state index in [1.807, 2.05) is 38.1 Å². The molecule has 1 aliphatic carbocycles. The van der Waals surface area contributed by atoms with E-state index >= 15 is 0 Å². The highest BCUT2D eigenvalue weighted by molar-refractivity contribution is 7.17. The monoisotopic (exact) mass is 405 g/mol. The van der Waals surface area contributed by atoms with Crippen LogP contribution in [0.15, 0.2) is 24.3 Å². The molecule has 0 radical (unpaired) electrons. The van der Waals surface area contributed by atoms with Crippen molar-refractivity contribution in [3.63, 3.8) is 0 Å². The van der Waals surface area contributed by atoms with E-state index in [0.717, 1.165) is 36.8 Å². The van der Waals surface area contributed by atoms with Crippen LogP contribution in [0.4, 0.5) is 5.00 Å². The number of aryl methyl sites for hydroxylation is 1. The van der Waals surface area contributed by atoms with E-state index in [1.54, 1.807) is 0 Å². The van der Waals surface area contributed by atoms with Gasteiger partial charge in [-0.1, -0.05) is 23.7 Å². The van der Waals surface area contributed by atoms with Gasteiger partial charge in [-0.05, 0) is 62.8 Å². The van der Waals surface area contributed by atoms with Crippen LogP contribution < -0.4 is 16.4 Å². The lowest BCUT2D eigenvalue weighted by Crippen LogP contribution is -2.41. The molecule has 0 atom stereocenters. The van der Waals surface area contributed by atoms with Crippen molar-refractivity contribution in [2.24, 2.45) is 5.73 Å². The van der Waals surface area contributed by atoms with Gasteiger partial charge in [-0.25, -0.2) is 0 Å². The molecule has 1 aromatic carbocycles. The molecule has 1 aromatic heterocycles. The van der Waals surface area contributed by atoms with Gasteiger partial charge in [-0.15, -0.1) is 11.3 Å². The zero-order chi connectivity index (χ0) is 19.6. The average Bonchev–Trinajstić information content (AvgIpc) is 2.98. The van der Waals surface area contributed by atoms with Crippen molar-refractivity contribution in [1.82, 2.24) is 5.32 Å². The summed E-state index contributed by atoms with van der Waals surface area (Å²) in [7, 11) is 0. The molecule has 144 valence electrons. The standard InChI is InChI=1S/C20H24ClN3O2S/c1-20(2,12-7-9-13(21)10-8-12)23-11-16(25)24-19-17(18(22)26)14-5-3-4-6-15(14)27-19/h7-10,23H,3-6,11H2,1-2H3,(H2,22,26)(H,24,25). The van der Waals surface area contributed by atoms with Crippen molar-refractivity contribution in [3.05, 3.63) is 50.9 Å². The Balaban J connectivity index is 1.68. The van der Waals surface area contributed by atoms with Crippen LogP contribution in [-0.2, 0) is 23.2 Å². The molecule has 0 bridgehead atoms. The molecular formula is C20H24ClN3O2S. The highest BCUT2D eigenvalue weighted by atomic mass is 35.5. The molecule has 7 heteroatoms. The molecular weight excluding hydrogens is 382 g/mol. The fourth-order valence-corrected chi connectivity index (χ4v) is 4.79. The van der Waals surface area contributed by atoms with Gasteiger partial charge in [0, 0.05) is 15.4 Å². The number of amides is 2. The van der Waals surface area contributed by atoms with E-state index in [9.17, 15) is 9.59 Å². The first-order valence-corrected chi connectivity index (χ1v) is 10.2. The van der Waals surface area contributed by atoms with Crippen LogP contribution in [0.25, 0.3) is 0 Å². The number of hydrogen-bond acceptors (Lipinski definition) is 4. The van der Waals surface area contributed by atoms with Crippen LogP contribution in [-0.4, -0.2) is 18.4 Å². The molecule has 0 saturated carbocycles. The number of thiophene rings is 1. The van der Waals surface area contributed by atoms with E-state index in [1.165, 1.54) is 16.2 Å². The molecule has 0 aliphatic heterocycles. The van der Waals surface area contributed by atoms with Gasteiger partial charge in [-0.2, -0.15) is 0 Å². The minimum absolute atomic E-state index is 0.121. The van der Waals surface area contributed by atoms with Crippen LogP contribution in [0.1, 0.15) is 53.1 Å². The molecule has 3 rings (SSSR count). The molecule has 1 heterocycles. The van der Waals surface area contributed by atoms with Crippen LogP contribution in [0.2, 0.25) is 5.02 Å².